The number of nitrogens with zero attached hydrogens (tertiary/aromatic N) is 3. The summed E-state index contributed by atoms with van der Waals surface area (Å²) >= 11 is 0. The summed E-state index contributed by atoms with van der Waals surface area (Å²) in [5, 5.41) is 25.3. The highest BCUT2D eigenvalue weighted by atomic mass is 16.6. The van der Waals surface area contributed by atoms with E-state index in [0.717, 1.165) is 17.7 Å². The van der Waals surface area contributed by atoms with E-state index in [9.17, 15) is 20.2 Å². The molecule has 0 spiro atoms. The molecule has 0 amide bonds. The molecule has 2 aromatic carbocycles. The molecule has 0 saturated carbocycles. The van der Waals surface area contributed by atoms with E-state index in [1.165, 1.54) is 19.4 Å². The number of hydrogen-bond donors (Lipinski definition) is 0. The maximum absolute atomic E-state index is 11.0. The van der Waals surface area contributed by atoms with Crippen LogP contribution in [0.5, 0.6) is 11.5 Å². The van der Waals surface area contributed by atoms with E-state index in [4.69, 9.17) is 4.74 Å². The third kappa shape index (κ3) is 4.00. The lowest BCUT2D eigenvalue weighted by Gasteiger charge is -2.06. The van der Waals surface area contributed by atoms with Crippen molar-refractivity contribution in [1.29, 1.82) is 0 Å². The summed E-state index contributed by atoms with van der Waals surface area (Å²) in [7, 11) is 1.42. The molecule has 2 rings (SSSR count). The number of hydrogen-bond acceptors (Lipinski definition) is 7. The summed E-state index contributed by atoms with van der Waals surface area (Å²) in [6.45, 7) is 0. The third-order valence-corrected chi connectivity index (χ3v) is 2.77. The lowest BCUT2D eigenvalue weighted by atomic mass is 10.2. The van der Waals surface area contributed by atoms with Crippen molar-refractivity contribution < 1.29 is 19.4 Å². The molecule has 0 saturated heterocycles. The van der Waals surface area contributed by atoms with E-state index in [-0.39, 0.29) is 11.4 Å². The Bertz CT molecular complexity index is 758. The van der Waals surface area contributed by atoms with Gasteiger partial charge in [-0.05, 0) is 35.9 Å². The van der Waals surface area contributed by atoms with Gasteiger partial charge in [-0.25, -0.2) is 0 Å². The van der Waals surface area contributed by atoms with Gasteiger partial charge in [-0.3, -0.25) is 20.2 Å². The molecule has 0 fully saturated rings. The first-order valence-electron chi connectivity index (χ1n) is 6.28. The number of non-ortho nitro benzene ring substituents is 1. The van der Waals surface area contributed by atoms with Crippen molar-refractivity contribution in [2.45, 2.75) is 0 Å². The van der Waals surface area contributed by atoms with Crippen LogP contribution in [0, 0.1) is 20.2 Å². The van der Waals surface area contributed by atoms with E-state index < -0.39 is 15.5 Å². The van der Waals surface area contributed by atoms with Crippen LogP contribution in [0.2, 0.25) is 0 Å². The Morgan fingerprint density at radius 2 is 1.74 bits per heavy atom. The zero-order valence-electron chi connectivity index (χ0n) is 11.9. The minimum absolute atomic E-state index is 0.0843. The summed E-state index contributed by atoms with van der Waals surface area (Å²) < 4.78 is 5.42. The predicted molar refractivity (Wildman–Crippen MR) is 80.9 cm³/mol. The van der Waals surface area contributed by atoms with Gasteiger partial charge in [-0.2, -0.15) is 0 Å². The van der Waals surface area contributed by atoms with Gasteiger partial charge >= 0.3 is 5.69 Å². The third-order valence-electron chi connectivity index (χ3n) is 2.77. The molecule has 0 bridgehead atoms. The Morgan fingerprint density at radius 3 is 2.30 bits per heavy atom. The van der Waals surface area contributed by atoms with Crippen LogP contribution in [0.4, 0.5) is 11.4 Å². The van der Waals surface area contributed by atoms with Crippen LogP contribution in [0.3, 0.4) is 0 Å². The first-order chi connectivity index (χ1) is 11.0. The number of nitro benzene ring substituents is 2. The van der Waals surface area contributed by atoms with Gasteiger partial charge in [0.25, 0.3) is 5.69 Å². The van der Waals surface area contributed by atoms with Crippen LogP contribution in [-0.2, 0) is 4.84 Å². The number of ether oxygens (including phenoxy) is 1. The van der Waals surface area contributed by atoms with E-state index in [1.807, 2.05) is 0 Å². The van der Waals surface area contributed by atoms with Crippen LogP contribution in [0.15, 0.2) is 47.6 Å². The predicted octanol–water partition coefficient (Wildman–Crippen LogP) is 3.28. The summed E-state index contributed by atoms with van der Waals surface area (Å²) in [6, 6.07) is 9.71. The normalized spacial score (nSPS) is 10.5. The maximum atomic E-state index is 11.0. The molecular formula is C14H11N3O6. The number of rotatable bonds is 6. The van der Waals surface area contributed by atoms with Gasteiger partial charge in [-0.15, -0.1) is 0 Å². The summed E-state index contributed by atoms with van der Waals surface area (Å²) in [5.41, 5.74) is -0.114. The molecule has 0 heterocycles. The molecule has 0 aromatic heterocycles. The Kier molecular flexibility index (Phi) is 4.82. The highest BCUT2D eigenvalue weighted by Crippen LogP contribution is 2.34. The molecule has 0 unspecified atom stereocenters. The highest BCUT2D eigenvalue weighted by Gasteiger charge is 2.21. The minimum atomic E-state index is -0.734. The molecule has 0 aliphatic rings. The Hall–Kier alpha value is -3.49. The monoisotopic (exact) mass is 317 g/mol. The topological polar surface area (TPSA) is 117 Å². The average molecular weight is 317 g/mol. The number of benzene rings is 2. The van der Waals surface area contributed by atoms with E-state index >= 15 is 0 Å². The second kappa shape index (κ2) is 6.98. The van der Waals surface area contributed by atoms with Gasteiger partial charge in [0.05, 0.1) is 22.1 Å². The quantitative estimate of drug-likeness (QED) is 0.458. The van der Waals surface area contributed by atoms with Crippen LogP contribution < -0.4 is 4.74 Å². The smallest absolute Gasteiger partial charge is 0.318 e. The van der Waals surface area contributed by atoms with Crippen LogP contribution >= 0.6 is 0 Å². The zero-order valence-corrected chi connectivity index (χ0v) is 11.9. The summed E-state index contributed by atoms with van der Waals surface area (Å²) in [4.78, 5) is 24.8. The Balaban J connectivity index is 2.27. The van der Waals surface area contributed by atoms with Gasteiger partial charge in [0, 0.05) is 6.07 Å². The van der Waals surface area contributed by atoms with Gasteiger partial charge in [0.1, 0.15) is 12.9 Å². The fourth-order valence-corrected chi connectivity index (χ4v) is 1.71. The molecule has 0 aliphatic heterocycles. The first-order valence-corrected chi connectivity index (χ1v) is 6.28. The largest absolute Gasteiger partial charge is 0.450 e. The van der Waals surface area contributed by atoms with Crippen LogP contribution in [0.1, 0.15) is 5.56 Å². The molecule has 23 heavy (non-hydrogen) atoms. The molecule has 118 valence electrons. The van der Waals surface area contributed by atoms with Crippen molar-refractivity contribution in [1.82, 2.24) is 0 Å². The molecule has 9 heteroatoms. The molecule has 0 N–H and O–H groups in total. The molecule has 9 nitrogen and oxygen atoms in total. The molecule has 0 radical (unpaired) electrons. The highest BCUT2D eigenvalue weighted by molar-refractivity contribution is 5.79. The lowest BCUT2D eigenvalue weighted by molar-refractivity contribution is -0.394. The van der Waals surface area contributed by atoms with Crippen molar-refractivity contribution >= 4 is 17.6 Å². The van der Waals surface area contributed by atoms with Gasteiger partial charge in [0.15, 0.2) is 0 Å². The lowest BCUT2D eigenvalue weighted by Crippen LogP contribution is -1.96. The van der Waals surface area contributed by atoms with Crippen molar-refractivity contribution in [3.8, 4) is 11.5 Å². The SMILES string of the molecule is CON=Cc1ccc(Oc2ccc([N+](=O)[O-])cc2[N+](=O)[O-])cc1. The van der Waals surface area contributed by atoms with E-state index in [0.29, 0.717) is 5.75 Å². The molecule has 0 atom stereocenters. The zero-order chi connectivity index (χ0) is 16.8. The fourth-order valence-electron chi connectivity index (χ4n) is 1.71. The average Bonchev–Trinajstić information content (AvgIpc) is 2.54. The van der Waals surface area contributed by atoms with E-state index in [2.05, 4.69) is 9.99 Å². The standard InChI is InChI=1S/C14H11N3O6/c1-22-15-9-10-2-5-12(6-3-10)23-14-7-4-11(16(18)19)8-13(14)17(20)21/h2-9H,1H3. The molecular weight excluding hydrogens is 306 g/mol. The second-order valence-corrected chi connectivity index (χ2v) is 4.25. The van der Waals surface area contributed by atoms with E-state index in [1.54, 1.807) is 24.3 Å². The number of oxime groups is 1. The second-order valence-electron chi connectivity index (χ2n) is 4.25. The summed E-state index contributed by atoms with van der Waals surface area (Å²) in [6.07, 6.45) is 1.48. The number of nitro groups is 2. The molecule has 2 aromatic rings. The van der Waals surface area contributed by atoms with Crippen molar-refractivity contribution in [2.75, 3.05) is 7.11 Å². The van der Waals surface area contributed by atoms with Crippen molar-refractivity contribution in [2.24, 2.45) is 5.16 Å². The van der Waals surface area contributed by atoms with Crippen molar-refractivity contribution in [3.63, 3.8) is 0 Å². The van der Waals surface area contributed by atoms with Crippen LogP contribution in [-0.4, -0.2) is 23.2 Å². The first kappa shape index (κ1) is 15.9. The maximum Gasteiger partial charge on any atom is 0.318 e. The van der Waals surface area contributed by atoms with Gasteiger partial charge < -0.3 is 9.57 Å². The van der Waals surface area contributed by atoms with Gasteiger partial charge in [0.2, 0.25) is 5.75 Å². The Morgan fingerprint density at radius 1 is 1.04 bits per heavy atom. The minimum Gasteiger partial charge on any atom is -0.450 e. The molecule has 0 aliphatic carbocycles. The fraction of sp³-hybridized carbons (Fsp3) is 0.0714. The Labute approximate surface area is 130 Å². The van der Waals surface area contributed by atoms with Crippen LogP contribution in [0.25, 0.3) is 0 Å². The summed E-state index contributed by atoms with van der Waals surface area (Å²) in [5.74, 6) is 0.260. The van der Waals surface area contributed by atoms with Gasteiger partial charge in [-0.1, -0.05) is 5.16 Å². The van der Waals surface area contributed by atoms with Crippen molar-refractivity contribution in [3.05, 3.63) is 68.3 Å².